The van der Waals surface area contributed by atoms with Crippen LogP contribution in [0.15, 0.2) is 12.7 Å². The smallest absolute Gasteiger partial charge is 0.0603 e. The molecule has 23 heavy (non-hydrogen) atoms. The maximum atomic E-state index is 6.15. The molecule has 1 nitrogen and oxygen atoms in total. The van der Waals surface area contributed by atoms with Crippen LogP contribution in [0.4, 0.5) is 0 Å². The Morgan fingerprint density at radius 2 is 1.43 bits per heavy atom. The van der Waals surface area contributed by atoms with Gasteiger partial charge in [-0.05, 0) is 69.1 Å². The fourth-order valence-electron chi connectivity index (χ4n) is 5.08. The quantitative estimate of drug-likeness (QED) is 0.273. The molecule has 2 saturated carbocycles. The summed E-state index contributed by atoms with van der Waals surface area (Å²) < 4.78 is 7.12. The maximum Gasteiger partial charge on any atom is 0.0603 e. The molecule has 0 amide bonds. The third kappa shape index (κ3) is 5.45. The van der Waals surface area contributed by atoms with Crippen LogP contribution >= 0.6 is 22.6 Å². The summed E-state index contributed by atoms with van der Waals surface area (Å²) in [6, 6.07) is 0. The van der Waals surface area contributed by atoms with Crippen molar-refractivity contribution >= 4 is 22.6 Å². The predicted molar refractivity (Wildman–Crippen MR) is 107 cm³/mol. The van der Waals surface area contributed by atoms with E-state index in [9.17, 15) is 0 Å². The van der Waals surface area contributed by atoms with Gasteiger partial charge in [0.1, 0.15) is 0 Å². The van der Waals surface area contributed by atoms with Gasteiger partial charge in [-0.1, -0.05) is 54.4 Å². The lowest BCUT2D eigenvalue weighted by molar-refractivity contribution is -0.0494. The average molecular weight is 430 g/mol. The van der Waals surface area contributed by atoms with Gasteiger partial charge < -0.3 is 4.74 Å². The van der Waals surface area contributed by atoms with Crippen molar-refractivity contribution in [2.45, 2.75) is 87.1 Å². The number of rotatable bonds is 5. The molecule has 0 aromatic heterocycles. The van der Waals surface area contributed by atoms with Crippen LogP contribution in [0.3, 0.4) is 0 Å². The molecule has 1 saturated heterocycles. The molecule has 1 heterocycles. The first-order valence-corrected chi connectivity index (χ1v) is 11.4. The molecule has 2 aliphatic carbocycles. The molecule has 0 bridgehead atoms. The molecule has 3 rings (SSSR count). The summed E-state index contributed by atoms with van der Waals surface area (Å²) in [4.78, 5) is 0. The van der Waals surface area contributed by atoms with Crippen molar-refractivity contribution in [3.8, 4) is 0 Å². The molecule has 0 spiro atoms. The molecular formula is C21H35IO. The van der Waals surface area contributed by atoms with Crippen LogP contribution in [0.1, 0.15) is 77.0 Å². The van der Waals surface area contributed by atoms with Crippen molar-refractivity contribution in [2.24, 2.45) is 23.7 Å². The minimum atomic E-state index is 0.561. The van der Waals surface area contributed by atoms with Crippen LogP contribution in [0, 0.1) is 23.7 Å². The van der Waals surface area contributed by atoms with Gasteiger partial charge in [0.25, 0.3) is 0 Å². The first-order valence-electron chi connectivity index (χ1n) is 10.1. The highest BCUT2D eigenvalue weighted by Crippen LogP contribution is 2.39. The fraction of sp³-hybridized carbons (Fsp3) is 0.905. The minimum absolute atomic E-state index is 0.561. The van der Waals surface area contributed by atoms with Gasteiger partial charge in [-0.15, -0.1) is 6.58 Å². The third-order valence-corrected chi connectivity index (χ3v) is 8.10. The van der Waals surface area contributed by atoms with E-state index < -0.39 is 0 Å². The summed E-state index contributed by atoms with van der Waals surface area (Å²) in [5, 5.41) is 0. The van der Waals surface area contributed by atoms with Gasteiger partial charge >= 0.3 is 0 Å². The molecular weight excluding hydrogens is 395 g/mol. The summed E-state index contributed by atoms with van der Waals surface area (Å²) in [5.41, 5.74) is 0. The Hall–Kier alpha value is 0.430. The molecule has 132 valence electrons. The Bertz CT molecular complexity index is 345. The van der Waals surface area contributed by atoms with Crippen molar-refractivity contribution in [2.75, 3.05) is 6.61 Å². The number of hydrogen-bond acceptors (Lipinski definition) is 1. The van der Waals surface area contributed by atoms with Crippen LogP contribution < -0.4 is 0 Å². The highest BCUT2D eigenvalue weighted by Gasteiger charge is 2.31. The molecule has 0 radical (unpaired) electrons. The lowest BCUT2D eigenvalue weighted by Crippen LogP contribution is -2.33. The van der Waals surface area contributed by atoms with Gasteiger partial charge in [0, 0.05) is 9.84 Å². The zero-order valence-corrected chi connectivity index (χ0v) is 16.9. The summed E-state index contributed by atoms with van der Waals surface area (Å²) in [7, 11) is 0. The standard InChI is InChI=1S/C21H35IO/c1-2-16-9-14-21(23-15-16)19-10-5-17(6-11-19)3-4-18-7-12-20(22)13-8-18/h2,16-21H,1,3-15H2. The van der Waals surface area contributed by atoms with Gasteiger partial charge in [0.05, 0.1) is 12.7 Å². The van der Waals surface area contributed by atoms with Gasteiger partial charge in [-0.2, -0.15) is 0 Å². The molecule has 2 unspecified atom stereocenters. The first kappa shape index (κ1) is 18.2. The fourth-order valence-corrected chi connectivity index (χ4v) is 5.80. The summed E-state index contributed by atoms with van der Waals surface area (Å²) >= 11 is 2.65. The van der Waals surface area contributed by atoms with E-state index in [1.807, 2.05) is 0 Å². The molecule has 1 aliphatic heterocycles. The van der Waals surface area contributed by atoms with E-state index in [-0.39, 0.29) is 0 Å². The Kier molecular flexibility index (Phi) is 7.30. The molecule has 3 fully saturated rings. The topological polar surface area (TPSA) is 9.23 Å². The number of alkyl halides is 1. The second-order valence-corrected chi connectivity index (χ2v) is 10.2. The zero-order valence-electron chi connectivity index (χ0n) is 14.7. The van der Waals surface area contributed by atoms with Crippen LogP contribution in [-0.2, 0) is 4.74 Å². The van der Waals surface area contributed by atoms with E-state index in [1.54, 1.807) is 0 Å². The minimum Gasteiger partial charge on any atom is -0.377 e. The van der Waals surface area contributed by atoms with Gasteiger partial charge in [0.15, 0.2) is 0 Å². The van der Waals surface area contributed by atoms with Gasteiger partial charge in [0.2, 0.25) is 0 Å². The van der Waals surface area contributed by atoms with Crippen LogP contribution in [0.5, 0.6) is 0 Å². The lowest BCUT2D eigenvalue weighted by atomic mass is 9.74. The summed E-state index contributed by atoms with van der Waals surface area (Å²) in [5.74, 6) is 3.54. The average Bonchev–Trinajstić information content (AvgIpc) is 2.62. The van der Waals surface area contributed by atoms with Crippen LogP contribution in [0.2, 0.25) is 0 Å². The van der Waals surface area contributed by atoms with E-state index in [4.69, 9.17) is 4.74 Å². The molecule has 2 heteroatoms. The van der Waals surface area contributed by atoms with E-state index in [1.165, 1.54) is 77.0 Å². The summed E-state index contributed by atoms with van der Waals surface area (Å²) in [6.07, 6.45) is 20.0. The first-order chi connectivity index (χ1) is 11.2. The van der Waals surface area contributed by atoms with Crippen molar-refractivity contribution < 1.29 is 4.74 Å². The molecule has 0 aromatic rings. The SMILES string of the molecule is C=CC1CCC(C2CCC(CCC3CCC(I)CC3)CC2)OC1. The van der Waals surface area contributed by atoms with Gasteiger partial charge in [-0.3, -0.25) is 0 Å². The normalized spacial score (nSPS) is 42.3. The second-order valence-electron chi connectivity index (χ2n) is 8.42. The predicted octanol–water partition coefficient (Wildman–Crippen LogP) is 6.55. The summed E-state index contributed by atoms with van der Waals surface area (Å²) in [6.45, 7) is 4.84. The van der Waals surface area contributed by atoms with E-state index in [2.05, 4.69) is 35.2 Å². The Balaban J connectivity index is 1.32. The largest absolute Gasteiger partial charge is 0.377 e. The molecule has 3 aliphatic rings. The van der Waals surface area contributed by atoms with E-state index in [0.717, 1.165) is 28.3 Å². The number of hydrogen-bond donors (Lipinski definition) is 0. The van der Waals surface area contributed by atoms with Crippen molar-refractivity contribution in [3.63, 3.8) is 0 Å². The Labute approximate surface area is 157 Å². The number of ether oxygens (including phenoxy) is 1. The molecule has 0 N–H and O–H groups in total. The van der Waals surface area contributed by atoms with Crippen LogP contribution in [-0.4, -0.2) is 16.6 Å². The van der Waals surface area contributed by atoms with Crippen LogP contribution in [0.25, 0.3) is 0 Å². The lowest BCUT2D eigenvalue weighted by Gasteiger charge is -2.37. The maximum absolute atomic E-state index is 6.15. The Morgan fingerprint density at radius 1 is 0.826 bits per heavy atom. The van der Waals surface area contributed by atoms with E-state index >= 15 is 0 Å². The van der Waals surface area contributed by atoms with Crippen molar-refractivity contribution in [1.82, 2.24) is 0 Å². The van der Waals surface area contributed by atoms with Crippen molar-refractivity contribution in [3.05, 3.63) is 12.7 Å². The highest BCUT2D eigenvalue weighted by atomic mass is 127. The molecule has 0 aromatic carbocycles. The monoisotopic (exact) mass is 430 g/mol. The van der Waals surface area contributed by atoms with E-state index in [0.29, 0.717) is 12.0 Å². The Morgan fingerprint density at radius 3 is 1.96 bits per heavy atom. The molecule has 2 atom stereocenters. The highest BCUT2D eigenvalue weighted by molar-refractivity contribution is 14.1. The van der Waals surface area contributed by atoms with Crippen molar-refractivity contribution in [1.29, 1.82) is 0 Å². The zero-order chi connectivity index (χ0) is 16.1. The number of halogens is 1. The van der Waals surface area contributed by atoms with Gasteiger partial charge in [-0.25, -0.2) is 0 Å². The third-order valence-electron chi connectivity index (χ3n) is 6.86. The second kappa shape index (κ2) is 9.22.